The summed E-state index contributed by atoms with van der Waals surface area (Å²) in [6, 6.07) is 5.00. The average Bonchev–Trinajstić information content (AvgIpc) is 2.37. The number of rotatable bonds is 4. The van der Waals surface area contributed by atoms with Crippen molar-refractivity contribution in [2.45, 2.75) is 50.7 Å². The van der Waals surface area contributed by atoms with Crippen LogP contribution in [-0.4, -0.2) is 17.3 Å². The summed E-state index contributed by atoms with van der Waals surface area (Å²) in [7, 11) is 0. The Bertz CT molecular complexity index is 432. The van der Waals surface area contributed by atoms with Gasteiger partial charge in [-0.1, -0.05) is 41.3 Å². The maximum atomic E-state index is 13.8. The highest BCUT2D eigenvalue weighted by Crippen LogP contribution is 2.28. The molecule has 2 N–H and O–H groups in total. The van der Waals surface area contributed by atoms with Gasteiger partial charge in [-0.15, -0.1) is 0 Å². The summed E-state index contributed by atoms with van der Waals surface area (Å²) in [6.07, 6.45) is 5.06. The highest BCUT2D eigenvalue weighted by Gasteiger charge is 2.29. The van der Waals surface area contributed by atoms with E-state index in [1.54, 1.807) is 6.07 Å². The molecule has 2 rings (SSSR count). The SMILES string of the molecule is CC(NCC1(O)CCCCC1)c1ccc(Br)cc1F. The molecule has 2 nitrogen and oxygen atoms in total. The molecule has 0 saturated heterocycles. The number of hydrogen-bond acceptors (Lipinski definition) is 2. The third kappa shape index (κ3) is 4.01. The van der Waals surface area contributed by atoms with Gasteiger partial charge in [-0.05, 0) is 31.9 Å². The standard InChI is InChI=1S/C15H21BrFNO/c1-11(13-6-5-12(16)9-14(13)17)18-10-15(19)7-3-2-4-8-15/h5-6,9,11,18-19H,2-4,7-8,10H2,1H3. The second-order valence-corrected chi connectivity index (χ2v) is 6.47. The molecule has 0 aliphatic heterocycles. The lowest BCUT2D eigenvalue weighted by Crippen LogP contribution is -2.43. The Morgan fingerprint density at radius 2 is 2.05 bits per heavy atom. The van der Waals surface area contributed by atoms with Crippen molar-refractivity contribution in [2.75, 3.05) is 6.54 Å². The molecule has 19 heavy (non-hydrogen) atoms. The van der Waals surface area contributed by atoms with E-state index in [2.05, 4.69) is 21.2 Å². The Morgan fingerprint density at radius 3 is 2.68 bits per heavy atom. The Hall–Kier alpha value is -0.450. The van der Waals surface area contributed by atoms with Gasteiger partial charge < -0.3 is 10.4 Å². The van der Waals surface area contributed by atoms with Crippen molar-refractivity contribution in [3.63, 3.8) is 0 Å². The third-order valence-electron chi connectivity index (χ3n) is 3.95. The summed E-state index contributed by atoms with van der Waals surface area (Å²) in [5, 5.41) is 13.7. The zero-order valence-corrected chi connectivity index (χ0v) is 12.8. The first kappa shape index (κ1) is 14.9. The van der Waals surface area contributed by atoms with Gasteiger partial charge in [0.05, 0.1) is 5.60 Å². The number of nitrogens with one attached hydrogen (secondary N) is 1. The zero-order valence-electron chi connectivity index (χ0n) is 11.3. The largest absolute Gasteiger partial charge is 0.389 e. The van der Waals surface area contributed by atoms with E-state index in [0.29, 0.717) is 12.1 Å². The molecule has 1 aliphatic rings. The summed E-state index contributed by atoms with van der Waals surface area (Å²) in [5.74, 6) is -0.218. The fourth-order valence-electron chi connectivity index (χ4n) is 2.69. The summed E-state index contributed by atoms with van der Waals surface area (Å²) in [6.45, 7) is 2.46. The summed E-state index contributed by atoms with van der Waals surface area (Å²) < 4.78 is 14.6. The molecule has 1 atom stereocenters. The number of halogens is 2. The van der Waals surface area contributed by atoms with Gasteiger partial charge >= 0.3 is 0 Å². The van der Waals surface area contributed by atoms with Crippen LogP contribution in [0.5, 0.6) is 0 Å². The Morgan fingerprint density at radius 1 is 1.37 bits per heavy atom. The minimum atomic E-state index is -0.613. The molecular weight excluding hydrogens is 309 g/mol. The molecule has 0 bridgehead atoms. The molecule has 4 heteroatoms. The van der Waals surface area contributed by atoms with E-state index in [1.165, 1.54) is 12.5 Å². The van der Waals surface area contributed by atoms with E-state index in [-0.39, 0.29) is 11.9 Å². The van der Waals surface area contributed by atoms with Gasteiger partial charge in [0.2, 0.25) is 0 Å². The van der Waals surface area contributed by atoms with Gasteiger partial charge in [-0.3, -0.25) is 0 Å². The van der Waals surface area contributed by atoms with Gasteiger partial charge in [-0.2, -0.15) is 0 Å². The predicted octanol–water partition coefficient (Wildman–Crippen LogP) is 3.93. The van der Waals surface area contributed by atoms with Crippen molar-refractivity contribution in [1.82, 2.24) is 5.32 Å². The van der Waals surface area contributed by atoms with Crippen LogP contribution >= 0.6 is 15.9 Å². The monoisotopic (exact) mass is 329 g/mol. The minimum absolute atomic E-state index is 0.0981. The molecule has 1 unspecified atom stereocenters. The lowest BCUT2D eigenvalue weighted by atomic mass is 9.84. The Balaban J connectivity index is 1.95. The fraction of sp³-hybridized carbons (Fsp3) is 0.600. The van der Waals surface area contributed by atoms with Gasteiger partial charge in [0.25, 0.3) is 0 Å². The Labute approximate surface area is 122 Å². The summed E-state index contributed by atoms with van der Waals surface area (Å²) in [4.78, 5) is 0. The summed E-state index contributed by atoms with van der Waals surface area (Å²) in [5.41, 5.74) is 0.0286. The molecule has 0 amide bonds. The van der Waals surface area contributed by atoms with Crippen molar-refractivity contribution >= 4 is 15.9 Å². The first-order chi connectivity index (χ1) is 9.00. The lowest BCUT2D eigenvalue weighted by molar-refractivity contribution is 0.00292. The van der Waals surface area contributed by atoms with Crippen LogP contribution in [0.1, 0.15) is 50.6 Å². The molecule has 1 saturated carbocycles. The van der Waals surface area contributed by atoms with Crippen molar-refractivity contribution in [2.24, 2.45) is 0 Å². The average molecular weight is 330 g/mol. The summed E-state index contributed by atoms with van der Waals surface area (Å²) >= 11 is 3.26. The van der Waals surface area contributed by atoms with E-state index in [0.717, 1.165) is 30.2 Å². The Kier molecular flexibility index (Phi) is 4.98. The van der Waals surface area contributed by atoms with E-state index in [9.17, 15) is 9.50 Å². The quantitative estimate of drug-likeness (QED) is 0.877. The highest BCUT2D eigenvalue weighted by atomic mass is 79.9. The van der Waals surface area contributed by atoms with Gasteiger partial charge in [-0.25, -0.2) is 4.39 Å². The second kappa shape index (κ2) is 6.33. The predicted molar refractivity (Wildman–Crippen MR) is 78.6 cm³/mol. The third-order valence-corrected chi connectivity index (χ3v) is 4.44. The van der Waals surface area contributed by atoms with Crippen molar-refractivity contribution in [1.29, 1.82) is 0 Å². The molecule has 0 heterocycles. The zero-order chi connectivity index (χ0) is 13.9. The second-order valence-electron chi connectivity index (χ2n) is 5.55. The molecular formula is C15H21BrFNO. The van der Waals surface area contributed by atoms with E-state index < -0.39 is 5.60 Å². The van der Waals surface area contributed by atoms with E-state index in [1.807, 2.05) is 13.0 Å². The van der Waals surface area contributed by atoms with E-state index in [4.69, 9.17) is 0 Å². The number of aliphatic hydroxyl groups is 1. The van der Waals surface area contributed by atoms with Crippen LogP contribution in [0.3, 0.4) is 0 Å². The lowest BCUT2D eigenvalue weighted by Gasteiger charge is -2.33. The normalized spacial score (nSPS) is 20.2. The fourth-order valence-corrected chi connectivity index (χ4v) is 3.03. The first-order valence-electron chi connectivity index (χ1n) is 6.91. The number of hydrogen-bond donors (Lipinski definition) is 2. The van der Waals surface area contributed by atoms with Crippen LogP contribution in [-0.2, 0) is 0 Å². The van der Waals surface area contributed by atoms with Crippen LogP contribution in [0.4, 0.5) is 4.39 Å². The molecule has 0 aromatic heterocycles. The minimum Gasteiger partial charge on any atom is -0.389 e. The highest BCUT2D eigenvalue weighted by molar-refractivity contribution is 9.10. The van der Waals surface area contributed by atoms with Gasteiger partial charge in [0.1, 0.15) is 5.82 Å². The van der Waals surface area contributed by atoms with Crippen molar-refractivity contribution in [3.05, 3.63) is 34.1 Å². The van der Waals surface area contributed by atoms with Crippen LogP contribution < -0.4 is 5.32 Å². The van der Waals surface area contributed by atoms with Crippen LogP contribution in [0.2, 0.25) is 0 Å². The van der Waals surface area contributed by atoms with Crippen molar-refractivity contribution in [3.8, 4) is 0 Å². The van der Waals surface area contributed by atoms with Gasteiger partial charge in [0, 0.05) is 22.6 Å². The van der Waals surface area contributed by atoms with Crippen LogP contribution in [0.15, 0.2) is 22.7 Å². The molecule has 1 aromatic rings. The maximum absolute atomic E-state index is 13.8. The molecule has 106 valence electrons. The molecule has 1 aromatic carbocycles. The molecule has 1 aliphatic carbocycles. The molecule has 1 fully saturated rings. The molecule has 0 spiro atoms. The maximum Gasteiger partial charge on any atom is 0.129 e. The smallest absolute Gasteiger partial charge is 0.129 e. The van der Waals surface area contributed by atoms with Crippen LogP contribution in [0, 0.1) is 5.82 Å². The van der Waals surface area contributed by atoms with Crippen molar-refractivity contribution < 1.29 is 9.50 Å². The van der Waals surface area contributed by atoms with E-state index >= 15 is 0 Å². The topological polar surface area (TPSA) is 32.3 Å². The molecule has 0 radical (unpaired) electrons. The van der Waals surface area contributed by atoms with Gasteiger partial charge in [0.15, 0.2) is 0 Å². The number of benzene rings is 1. The van der Waals surface area contributed by atoms with Crippen LogP contribution in [0.25, 0.3) is 0 Å². The first-order valence-corrected chi connectivity index (χ1v) is 7.70.